The van der Waals surface area contributed by atoms with Gasteiger partial charge in [0.2, 0.25) is 5.91 Å². The number of hydrogen-bond acceptors (Lipinski definition) is 4. The van der Waals surface area contributed by atoms with Gasteiger partial charge in [0.15, 0.2) is 0 Å². The van der Waals surface area contributed by atoms with E-state index in [-0.39, 0.29) is 24.2 Å². The molecule has 2 amide bonds. The minimum Gasteiger partial charge on any atom is -0.497 e. The van der Waals surface area contributed by atoms with Crippen LogP contribution in [0, 0.1) is 5.92 Å². The Balaban J connectivity index is 1.43. The average Bonchev–Trinajstić information content (AvgIpc) is 2.67. The average molecular weight is 351 g/mol. The van der Waals surface area contributed by atoms with Gasteiger partial charge >= 0.3 is 0 Å². The third-order valence-corrected chi connectivity index (χ3v) is 4.23. The zero-order chi connectivity index (χ0) is 18.4. The van der Waals surface area contributed by atoms with Crippen molar-refractivity contribution in [3.63, 3.8) is 0 Å². The molecule has 1 unspecified atom stereocenters. The molecule has 0 saturated carbocycles. The van der Waals surface area contributed by atoms with Crippen LogP contribution in [0.2, 0.25) is 0 Å². The predicted molar refractivity (Wildman–Crippen MR) is 101 cm³/mol. The molecule has 0 spiro atoms. The molecule has 6 nitrogen and oxygen atoms in total. The SMILES string of the molecule is COc1ccc(CCNC(=O)CCC2=NC(=O)C3C=CC=CC3=N2)cc1. The molecule has 6 heteroatoms. The van der Waals surface area contributed by atoms with Gasteiger partial charge in [-0.1, -0.05) is 30.4 Å². The second-order valence-electron chi connectivity index (χ2n) is 6.07. The van der Waals surface area contributed by atoms with Crippen molar-refractivity contribution in [2.45, 2.75) is 19.3 Å². The monoisotopic (exact) mass is 351 g/mol. The van der Waals surface area contributed by atoms with Crippen molar-refractivity contribution in [3.05, 3.63) is 54.1 Å². The molecule has 1 aliphatic heterocycles. The van der Waals surface area contributed by atoms with E-state index in [1.165, 1.54) is 0 Å². The Labute approximate surface area is 152 Å². The van der Waals surface area contributed by atoms with E-state index in [0.717, 1.165) is 17.7 Å². The maximum atomic E-state index is 12.0. The number of carbonyl (C=O) groups excluding carboxylic acids is 2. The first kappa shape index (κ1) is 17.8. The lowest BCUT2D eigenvalue weighted by atomic mass is 9.96. The largest absolute Gasteiger partial charge is 0.497 e. The first-order chi connectivity index (χ1) is 12.7. The number of allylic oxidation sites excluding steroid dienone is 3. The molecule has 3 rings (SSSR count). The molecule has 1 aromatic rings. The minimum absolute atomic E-state index is 0.0740. The Bertz CT molecular complexity index is 804. The van der Waals surface area contributed by atoms with Crippen LogP contribution in [0.4, 0.5) is 0 Å². The third kappa shape index (κ3) is 4.53. The normalized spacial score (nSPS) is 18.0. The minimum atomic E-state index is -0.373. The number of carbonyl (C=O) groups is 2. The summed E-state index contributed by atoms with van der Waals surface area (Å²) >= 11 is 0. The molecular formula is C20H21N3O3. The molecule has 0 fully saturated rings. The van der Waals surface area contributed by atoms with Crippen LogP contribution < -0.4 is 10.1 Å². The van der Waals surface area contributed by atoms with Crippen LogP contribution in [0.3, 0.4) is 0 Å². The number of ether oxygens (including phenoxy) is 1. The fourth-order valence-electron chi connectivity index (χ4n) is 2.78. The van der Waals surface area contributed by atoms with Gasteiger partial charge in [-0.15, -0.1) is 0 Å². The number of nitrogens with one attached hydrogen (secondary N) is 1. The summed E-state index contributed by atoms with van der Waals surface area (Å²) in [7, 11) is 1.63. The topological polar surface area (TPSA) is 80.1 Å². The highest BCUT2D eigenvalue weighted by molar-refractivity contribution is 6.21. The molecular weight excluding hydrogens is 330 g/mol. The lowest BCUT2D eigenvalue weighted by Crippen LogP contribution is -2.29. The van der Waals surface area contributed by atoms with Gasteiger partial charge in [0.1, 0.15) is 17.5 Å². The number of amides is 2. The van der Waals surface area contributed by atoms with Gasteiger partial charge < -0.3 is 10.1 Å². The Hall–Kier alpha value is -3.02. The Morgan fingerprint density at radius 2 is 1.96 bits per heavy atom. The summed E-state index contributed by atoms with van der Waals surface area (Å²) in [5, 5.41) is 2.88. The molecule has 0 radical (unpaired) electrons. The second kappa shape index (κ2) is 8.38. The second-order valence-corrected chi connectivity index (χ2v) is 6.07. The van der Waals surface area contributed by atoms with E-state index in [0.29, 0.717) is 24.5 Å². The Morgan fingerprint density at radius 3 is 2.73 bits per heavy atom. The molecule has 0 bridgehead atoms. The third-order valence-electron chi connectivity index (χ3n) is 4.23. The first-order valence-corrected chi connectivity index (χ1v) is 8.60. The number of rotatable bonds is 7. The molecule has 2 aliphatic rings. The zero-order valence-electron chi connectivity index (χ0n) is 14.6. The summed E-state index contributed by atoms with van der Waals surface area (Å²) in [6, 6.07) is 7.76. The van der Waals surface area contributed by atoms with Crippen molar-refractivity contribution in [2.75, 3.05) is 13.7 Å². The fourth-order valence-corrected chi connectivity index (χ4v) is 2.78. The first-order valence-electron chi connectivity index (χ1n) is 8.60. The van der Waals surface area contributed by atoms with Crippen LogP contribution in [-0.4, -0.2) is 37.0 Å². The molecule has 1 atom stereocenters. The molecule has 0 aromatic heterocycles. The number of amidine groups is 1. The fraction of sp³-hybridized carbons (Fsp3) is 0.300. The highest BCUT2D eigenvalue weighted by Gasteiger charge is 2.26. The maximum Gasteiger partial charge on any atom is 0.260 e. The summed E-state index contributed by atoms with van der Waals surface area (Å²) in [4.78, 5) is 32.4. The number of hydrogen-bond donors (Lipinski definition) is 1. The summed E-state index contributed by atoms with van der Waals surface area (Å²) in [6.07, 6.45) is 8.62. The molecule has 134 valence electrons. The molecule has 1 heterocycles. The van der Waals surface area contributed by atoms with Gasteiger partial charge in [-0.2, -0.15) is 4.99 Å². The van der Waals surface area contributed by atoms with Crippen molar-refractivity contribution in [2.24, 2.45) is 15.9 Å². The summed E-state index contributed by atoms with van der Waals surface area (Å²) < 4.78 is 5.12. The van der Waals surface area contributed by atoms with Crippen molar-refractivity contribution < 1.29 is 14.3 Å². The molecule has 1 aromatic carbocycles. The van der Waals surface area contributed by atoms with E-state index in [4.69, 9.17) is 4.74 Å². The number of aliphatic imine (C=N–C) groups is 2. The lowest BCUT2D eigenvalue weighted by molar-refractivity contribution is -0.121. The number of benzene rings is 1. The number of nitrogens with zero attached hydrogens (tertiary/aromatic N) is 2. The van der Waals surface area contributed by atoms with Crippen LogP contribution >= 0.6 is 0 Å². The quantitative estimate of drug-likeness (QED) is 0.818. The molecule has 0 saturated heterocycles. The van der Waals surface area contributed by atoms with E-state index in [2.05, 4.69) is 15.3 Å². The Morgan fingerprint density at radius 1 is 1.15 bits per heavy atom. The van der Waals surface area contributed by atoms with Gasteiger partial charge in [0.05, 0.1) is 12.8 Å². The molecule has 1 aliphatic carbocycles. The zero-order valence-corrected chi connectivity index (χ0v) is 14.6. The molecule has 1 N–H and O–H groups in total. The van der Waals surface area contributed by atoms with E-state index in [1.807, 2.05) is 42.5 Å². The lowest BCUT2D eigenvalue weighted by Gasteiger charge is -2.17. The van der Waals surface area contributed by atoms with Crippen molar-refractivity contribution in [3.8, 4) is 5.75 Å². The Kier molecular flexibility index (Phi) is 5.73. The summed E-state index contributed by atoms with van der Waals surface area (Å²) in [6.45, 7) is 0.556. The highest BCUT2D eigenvalue weighted by atomic mass is 16.5. The van der Waals surface area contributed by atoms with Crippen LogP contribution in [0.5, 0.6) is 5.75 Å². The van der Waals surface area contributed by atoms with E-state index < -0.39 is 0 Å². The predicted octanol–water partition coefficient (Wildman–Crippen LogP) is 2.26. The van der Waals surface area contributed by atoms with Gasteiger partial charge in [-0.25, -0.2) is 4.99 Å². The van der Waals surface area contributed by atoms with E-state index >= 15 is 0 Å². The maximum absolute atomic E-state index is 12.0. The van der Waals surface area contributed by atoms with Crippen LogP contribution in [-0.2, 0) is 16.0 Å². The standard InChI is InChI=1S/C20H21N3O3/c1-26-15-8-6-14(7-9-15)12-13-21-19(24)11-10-18-22-17-5-3-2-4-16(17)20(25)23-18/h2-9,16H,10-13H2,1H3,(H,21,24). The van der Waals surface area contributed by atoms with Gasteiger partial charge in [0.25, 0.3) is 5.91 Å². The van der Waals surface area contributed by atoms with Gasteiger partial charge in [-0.3, -0.25) is 9.59 Å². The van der Waals surface area contributed by atoms with Gasteiger partial charge in [-0.05, 0) is 30.2 Å². The van der Waals surface area contributed by atoms with Crippen LogP contribution in [0.15, 0.2) is 58.6 Å². The summed E-state index contributed by atoms with van der Waals surface area (Å²) in [5.41, 5.74) is 1.82. The van der Waals surface area contributed by atoms with Crippen molar-refractivity contribution in [1.82, 2.24) is 5.32 Å². The van der Waals surface area contributed by atoms with Crippen LogP contribution in [0.1, 0.15) is 18.4 Å². The van der Waals surface area contributed by atoms with Crippen molar-refractivity contribution >= 4 is 23.4 Å². The molecule has 26 heavy (non-hydrogen) atoms. The van der Waals surface area contributed by atoms with Crippen LogP contribution in [0.25, 0.3) is 0 Å². The van der Waals surface area contributed by atoms with Gasteiger partial charge in [0, 0.05) is 19.4 Å². The van der Waals surface area contributed by atoms with E-state index in [1.54, 1.807) is 13.2 Å². The number of methoxy groups -OCH3 is 1. The van der Waals surface area contributed by atoms with Crippen molar-refractivity contribution in [1.29, 1.82) is 0 Å². The van der Waals surface area contributed by atoms with E-state index in [9.17, 15) is 9.59 Å². The number of fused-ring (bicyclic) bond motifs is 1. The smallest absolute Gasteiger partial charge is 0.260 e. The summed E-state index contributed by atoms with van der Waals surface area (Å²) in [5.74, 6) is 0.571. The highest BCUT2D eigenvalue weighted by Crippen LogP contribution is 2.17.